The fraction of sp³-hybridized carbons (Fsp3) is 0.550. The standard InChI is InChI=1S/C20H27NO6S/c1-26-18-14-17-15(8-9-16-7-6-10-21(16)20(17)22)13-19(18)27-11-4-2-3-5-12-28(23,24)25/h8-9,13-14,16H,2-7,10-12H2,1H3,(H,23,24,25)/t16-/m0/s1. The molecule has 0 unspecified atom stereocenters. The lowest BCUT2D eigenvalue weighted by molar-refractivity contribution is 0.0763. The van der Waals surface area contributed by atoms with E-state index in [2.05, 4.69) is 6.08 Å². The number of carbonyl (C=O) groups is 1. The molecule has 1 atom stereocenters. The minimum Gasteiger partial charge on any atom is -0.493 e. The number of nitrogens with zero attached hydrogens (tertiary/aromatic N) is 1. The van der Waals surface area contributed by atoms with Gasteiger partial charge in [-0.25, -0.2) is 0 Å². The van der Waals surface area contributed by atoms with Crippen LogP contribution in [0.2, 0.25) is 0 Å². The van der Waals surface area contributed by atoms with Crippen molar-refractivity contribution in [2.24, 2.45) is 0 Å². The molecule has 2 heterocycles. The Bertz CT molecular complexity index is 848. The van der Waals surface area contributed by atoms with Crippen molar-refractivity contribution >= 4 is 22.1 Å². The first kappa shape index (κ1) is 20.7. The third-order valence-corrected chi connectivity index (χ3v) is 5.98. The zero-order valence-corrected chi connectivity index (χ0v) is 16.9. The molecule has 1 amide bonds. The van der Waals surface area contributed by atoms with Crippen molar-refractivity contribution < 1.29 is 27.2 Å². The van der Waals surface area contributed by atoms with Gasteiger partial charge in [-0.05, 0) is 43.4 Å². The van der Waals surface area contributed by atoms with E-state index in [0.717, 1.165) is 37.8 Å². The van der Waals surface area contributed by atoms with Gasteiger partial charge in [0.05, 0.1) is 31.1 Å². The van der Waals surface area contributed by atoms with Gasteiger partial charge in [0.2, 0.25) is 0 Å². The number of unbranched alkanes of at least 4 members (excludes halogenated alkanes) is 3. The molecule has 3 rings (SSSR count). The number of benzene rings is 1. The van der Waals surface area contributed by atoms with E-state index in [1.165, 1.54) is 0 Å². The lowest BCUT2D eigenvalue weighted by Crippen LogP contribution is -2.33. The highest BCUT2D eigenvalue weighted by Crippen LogP contribution is 2.35. The Morgan fingerprint density at radius 3 is 2.71 bits per heavy atom. The van der Waals surface area contributed by atoms with Crippen LogP contribution in [0, 0.1) is 0 Å². The van der Waals surface area contributed by atoms with Crippen LogP contribution in [0.15, 0.2) is 18.2 Å². The Hall–Kier alpha value is -2.06. The van der Waals surface area contributed by atoms with E-state index >= 15 is 0 Å². The topological polar surface area (TPSA) is 93.1 Å². The number of hydrogen-bond donors (Lipinski definition) is 1. The highest BCUT2D eigenvalue weighted by Gasteiger charge is 2.31. The van der Waals surface area contributed by atoms with Gasteiger partial charge in [0.15, 0.2) is 11.5 Å². The minimum atomic E-state index is -3.88. The molecule has 8 heteroatoms. The average molecular weight is 410 g/mol. The summed E-state index contributed by atoms with van der Waals surface area (Å²) >= 11 is 0. The van der Waals surface area contributed by atoms with Gasteiger partial charge < -0.3 is 14.4 Å². The molecule has 1 saturated heterocycles. The summed E-state index contributed by atoms with van der Waals surface area (Å²) in [4.78, 5) is 14.8. The Kier molecular flexibility index (Phi) is 6.61. The van der Waals surface area contributed by atoms with E-state index < -0.39 is 10.1 Å². The van der Waals surface area contributed by atoms with Crippen molar-refractivity contribution in [2.75, 3.05) is 26.0 Å². The largest absolute Gasteiger partial charge is 0.493 e. The molecule has 2 aliphatic heterocycles. The van der Waals surface area contributed by atoms with Crippen LogP contribution in [-0.2, 0) is 10.1 Å². The molecule has 0 aromatic heterocycles. The summed E-state index contributed by atoms with van der Waals surface area (Å²) in [7, 11) is -2.32. The summed E-state index contributed by atoms with van der Waals surface area (Å²) in [6.07, 6.45) is 8.80. The minimum absolute atomic E-state index is 0.0335. The fourth-order valence-corrected chi connectivity index (χ4v) is 4.28. The predicted molar refractivity (Wildman–Crippen MR) is 106 cm³/mol. The van der Waals surface area contributed by atoms with Gasteiger partial charge in [0, 0.05) is 6.54 Å². The molecule has 0 bridgehead atoms. The second-order valence-corrected chi connectivity index (χ2v) is 8.78. The fourth-order valence-electron chi connectivity index (χ4n) is 3.71. The second kappa shape index (κ2) is 8.96. The summed E-state index contributed by atoms with van der Waals surface area (Å²) in [5, 5.41) is 0. The van der Waals surface area contributed by atoms with Crippen molar-refractivity contribution in [2.45, 2.75) is 44.6 Å². The highest BCUT2D eigenvalue weighted by atomic mass is 32.2. The van der Waals surface area contributed by atoms with Crippen LogP contribution in [-0.4, -0.2) is 55.8 Å². The first-order valence-corrected chi connectivity index (χ1v) is 11.3. The quantitative estimate of drug-likeness (QED) is 0.497. The van der Waals surface area contributed by atoms with Crippen LogP contribution in [0.3, 0.4) is 0 Å². The van der Waals surface area contributed by atoms with Gasteiger partial charge in [-0.1, -0.05) is 25.0 Å². The maximum absolute atomic E-state index is 12.9. The van der Waals surface area contributed by atoms with Crippen molar-refractivity contribution in [1.82, 2.24) is 4.90 Å². The zero-order valence-electron chi connectivity index (χ0n) is 16.1. The van der Waals surface area contributed by atoms with E-state index in [-0.39, 0.29) is 17.7 Å². The number of amides is 1. The molecule has 28 heavy (non-hydrogen) atoms. The van der Waals surface area contributed by atoms with E-state index in [9.17, 15) is 13.2 Å². The van der Waals surface area contributed by atoms with Gasteiger partial charge in [-0.15, -0.1) is 0 Å². The number of fused-ring (bicyclic) bond motifs is 2. The first-order chi connectivity index (χ1) is 13.4. The lowest BCUT2D eigenvalue weighted by Gasteiger charge is -2.21. The molecule has 0 spiro atoms. The van der Waals surface area contributed by atoms with Gasteiger partial charge in [0.25, 0.3) is 16.0 Å². The van der Waals surface area contributed by atoms with Crippen molar-refractivity contribution in [1.29, 1.82) is 0 Å². The monoisotopic (exact) mass is 409 g/mol. The summed E-state index contributed by atoms with van der Waals surface area (Å²) in [5.41, 5.74) is 1.47. The van der Waals surface area contributed by atoms with Crippen LogP contribution in [0.4, 0.5) is 0 Å². The van der Waals surface area contributed by atoms with Crippen LogP contribution >= 0.6 is 0 Å². The summed E-state index contributed by atoms with van der Waals surface area (Å²) in [6.45, 7) is 1.25. The normalized spacial score (nSPS) is 18.6. The van der Waals surface area contributed by atoms with Gasteiger partial charge in [-0.2, -0.15) is 8.42 Å². The number of hydrogen-bond acceptors (Lipinski definition) is 5. The Morgan fingerprint density at radius 2 is 1.96 bits per heavy atom. The molecule has 154 valence electrons. The van der Waals surface area contributed by atoms with Gasteiger partial charge in [0.1, 0.15) is 0 Å². The smallest absolute Gasteiger partial charge is 0.264 e. The molecule has 1 fully saturated rings. The number of ether oxygens (including phenoxy) is 2. The molecule has 1 aromatic carbocycles. The van der Waals surface area contributed by atoms with Crippen LogP contribution in [0.25, 0.3) is 6.08 Å². The molecule has 7 nitrogen and oxygen atoms in total. The molecule has 0 radical (unpaired) electrons. The summed E-state index contributed by atoms with van der Waals surface area (Å²) in [5.74, 6) is 0.958. The third kappa shape index (κ3) is 5.05. The SMILES string of the molecule is COc1cc2c(cc1OCCCCCCS(=O)(=O)O)C=C[C@@H]1CCCN1C2=O. The summed E-state index contributed by atoms with van der Waals surface area (Å²) < 4.78 is 41.4. The first-order valence-electron chi connectivity index (χ1n) is 9.68. The maximum Gasteiger partial charge on any atom is 0.264 e. The van der Waals surface area contributed by atoms with Gasteiger partial charge in [-0.3, -0.25) is 9.35 Å². The van der Waals surface area contributed by atoms with E-state index in [0.29, 0.717) is 36.5 Å². The van der Waals surface area contributed by atoms with Crippen molar-refractivity contribution in [3.63, 3.8) is 0 Å². The predicted octanol–water partition coefficient (Wildman–Crippen LogP) is 3.15. The highest BCUT2D eigenvalue weighted by molar-refractivity contribution is 7.85. The van der Waals surface area contributed by atoms with Crippen LogP contribution in [0.1, 0.15) is 54.4 Å². The van der Waals surface area contributed by atoms with E-state index in [1.807, 2.05) is 17.0 Å². The third-order valence-electron chi connectivity index (χ3n) is 5.18. The average Bonchev–Trinajstić information content (AvgIpc) is 3.08. The molecule has 0 saturated carbocycles. The van der Waals surface area contributed by atoms with Crippen molar-refractivity contribution in [3.8, 4) is 11.5 Å². The molecule has 0 aliphatic carbocycles. The van der Waals surface area contributed by atoms with Gasteiger partial charge >= 0.3 is 0 Å². The summed E-state index contributed by atoms with van der Waals surface area (Å²) in [6, 6.07) is 3.77. The van der Waals surface area contributed by atoms with E-state index in [1.54, 1.807) is 13.2 Å². The Labute approximate surface area is 166 Å². The Balaban J connectivity index is 1.60. The molecule has 1 N–H and O–H groups in total. The van der Waals surface area contributed by atoms with Crippen LogP contribution < -0.4 is 9.47 Å². The molecular weight excluding hydrogens is 382 g/mol. The zero-order chi connectivity index (χ0) is 20.1. The second-order valence-electron chi connectivity index (χ2n) is 7.21. The number of carbonyl (C=O) groups excluding carboxylic acids is 1. The molecule has 2 aliphatic rings. The number of rotatable bonds is 9. The molecule has 1 aromatic rings. The maximum atomic E-state index is 12.9. The lowest BCUT2D eigenvalue weighted by atomic mass is 10.1. The number of methoxy groups -OCH3 is 1. The molecular formula is C20H27NO6S. The van der Waals surface area contributed by atoms with Crippen LogP contribution in [0.5, 0.6) is 11.5 Å². The van der Waals surface area contributed by atoms with Crippen molar-refractivity contribution in [3.05, 3.63) is 29.3 Å². The van der Waals surface area contributed by atoms with E-state index in [4.69, 9.17) is 14.0 Å². The Morgan fingerprint density at radius 1 is 1.18 bits per heavy atom.